The van der Waals surface area contributed by atoms with Crippen LogP contribution in [0.5, 0.6) is 0 Å². The number of allylic oxidation sites excluding steroid dienone is 5. The van der Waals surface area contributed by atoms with E-state index < -0.39 is 5.41 Å². The molecule has 0 aromatic rings. The Hall–Kier alpha value is -1.97. The van der Waals surface area contributed by atoms with Crippen LogP contribution in [0, 0.1) is 11.3 Å². The summed E-state index contributed by atoms with van der Waals surface area (Å²) in [7, 11) is 0. The maximum Gasteiger partial charge on any atom is 0.272 e. The van der Waals surface area contributed by atoms with Crippen molar-refractivity contribution in [3.05, 3.63) is 35.5 Å². The second-order valence-electron chi connectivity index (χ2n) is 6.56. The van der Waals surface area contributed by atoms with Crippen LogP contribution in [0.4, 0.5) is 0 Å². The van der Waals surface area contributed by atoms with Gasteiger partial charge in [0.2, 0.25) is 5.91 Å². The Balaban J connectivity index is 1.96. The molecule has 1 aliphatic heterocycles. The molecule has 2 aliphatic rings. The topological polar surface area (TPSA) is 58.5 Å². The van der Waals surface area contributed by atoms with Crippen molar-refractivity contribution in [1.82, 2.24) is 5.32 Å². The molecule has 0 saturated carbocycles. The van der Waals surface area contributed by atoms with Crippen LogP contribution in [0.1, 0.15) is 34.1 Å². The van der Waals surface area contributed by atoms with E-state index >= 15 is 0 Å². The molecule has 112 valence electrons. The van der Waals surface area contributed by atoms with E-state index in [2.05, 4.69) is 10.3 Å². The van der Waals surface area contributed by atoms with Gasteiger partial charge in [0.1, 0.15) is 0 Å². The zero-order valence-corrected chi connectivity index (χ0v) is 13.1. The predicted molar refractivity (Wildman–Crippen MR) is 84.0 cm³/mol. The lowest BCUT2D eigenvalue weighted by Crippen LogP contribution is -2.35. The molecule has 1 atom stereocenters. The molecule has 1 aliphatic carbocycles. The zero-order valence-electron chi connectivity index (χ0n) is 13.1. The Labute approximate surface area is 125 Å². The van der Waals surface area contributed by atoms with Crippen LogP contribution < -0.4 is 5.32 Å². The van der Waals surface area contributed by atoms with Gasteiger partial charge in [-0.25, -0.2) is 4.99 Å². The number of aliphatic imine (C=N–C) groups is 1. The molecule has 0 fully saturated rings. The van der Waals surface area contributed by atoms with Crippen molar-refractivity contribution < 1.29 is 9.59 Å². The fraction of sp³-hybridized carbons (Fsp3) is 0.471. The number of amides is 2. The van der Waals surface area contributed by atoms with E-state index in [4.69, 9.17) is 0 Å². The van der Waals surface area contributed by atoms with E-state index in [-0.39, 0.29) is 17.7 Å². The van der Waals surface area contributed by atoms with E-state index in [1.54, 1.807) is 0 Å². The summed E-state index contributed by atoms with van der Waals surface area (Å²) in [6.45, 7) is 8.05. The van der Waals surface area contributed by atoms with Gasteiger partial charge in [-0.05, 0) is 25.0 Å². The first kappa shape index (κ1) is 15.4. The van der Waals surface area contributed by atoms with Crippen LogP contribution in [-0.2, 0) is 9.59 Å². The molecule has 0 aromatic heterocycles. The Morgan fingerprint density at radius 3 is 2.76 bits per heavy atom. The van der Waals surface area contributed by atoms with Gasteiger partial charge in [-0.1, -0.05) is 39.0 Å². The zero-order chi connectivity index (χ0) is 15.6. The fourth-order valence-corrected chi connectivity index (χ4v) is 2.22. The van der Waals surface area contributed by atoms with Crippen LogP contribution in [0.25, 0.3) is 0 Å². The minimum atomic E-state index is -0.412. The Morgan fingerprint density at radius 1 is 1.38 bits per heavy atom. The number of fused-ring (bicyclic) bond motifs is 1. The minimum absolute atomic E-state index is 0.00771. The van der Waals surface area contributed by atoms with E-state index in [0.29, 0.717) is 18.5 Å². The molecule has 21 heavy (non-hydrogen) atoms. The highest BCUT2D eigenvalue weighted by Gasteiger charge is 2.24. The summed E-state index contributed by atoms with van der Waals surface area (Å²) in [6, 6.07) is 0. The quantitative estimate of drug-likeness (QED) is 0.867. The third kappa shape index (κ3) is 3.78. The van der Waals surface area contributed by atoms with Gasteiger partial charge in [-0.15, -0.1) is 0 Å². The molecule has 1 unspecified atom stereocenters. The molecule has 1 N–H and O–H groups in total. The van der Waals surface area contributed by atoms with Crippen molar-refractivity contribution in [2.75, 3.05) is 6.54 Å². The average molecular weight is 286 g/mol. The van der Waals surface area contributed by atoms with Crippen molar-refractivity contribution in [2.45, 2.75) is 34.1 Å². The smallest absolute Gasteiger partial charge is 0.272 e. The summed E-state index contributed by atoms with van der Waals surface area (Å²) >= 11 is 0. The van der Waals surface area contributed by atoms with Gasteiger partial charge in [0.05, 0.1) is 5.71 Å². The number of nitrogens with one attached hydrogen (secondary N) is 1. The van der Waals surface area contributed by atoms with Crippen LogP contribution in [-0.4, -0.2) is 24.1 Å². The van der Waals surface area contributed by atoms with Crippen LogP contribution in [0.2, 0.25) is 0 Å². The largest absolute Gasteiger partial charge is 0.355 e. The van der Waals surface area contributed by atoms with E-state index in [0.717, 1.165) is 11.3 Å². The Kier molecular flexibility index (Phi) is 4.26. The lowest BCUT2D eigenvalue weighted by molar-refractivity contribution is -0.128. The SMILES string of the molecule is CC1=CC2=NC(=O)C(CCNC(=O)C(C)(C)C)=CC2C=C1. The number of hydrogen-bond acceptors (Lipinski definition) is 2. The summed E-state index contributed by atoms with van der Waals surface area (Å²) in [5.74, 6) is -0.114. The highest BCUT2D eigenvalue weighted by Crippen LogP contribution is 2.23. The van der Waals surface area contributed by atoms with Gasteiger partial charge in [0.15, 0.2) is 0 Å². The first-order valence-corrected chi connectivity index (χ1v) is 7.26. The van der Waals surface area contributed by atoms with Crippen molar-refractivity contribution in [3.63, 3.8) is 0 Å². The normalized spacial score (nSPS) is 21.2. The number of nitrogens with zero attached hydrogens (tertiary/aromatic N) is 1. The van der Waals surface area contributed by atoms with E-state index in [9.17, 15) is 9.59 Å². The van der Waals surface area contributed by atoms with E-state index in [1.165, 1.54) is 0 Å². The number of rotatable bonds is 3. The number of hydrogen-bond donors (Lipinski definition) is 1. The van der Waals surface area contributed by atoms with Crippen molar-refractivity contribution in [2.24, 2.45) is 16.3 Å². The molecule has 2 rings (SSSR count). The van der Waals surface area contributed by atoms with Crippen LogP contribution in [0.15, 0.2) is 40.4 Å². The predicted octanol–water partition coefficient (Wildman–Crippen LogP) is 2.58. The lowest BCUT2D eigenvalue weighted by atomic mass is 9.90. The van der Waals surface area contributed by atoms with Gasteiger partial charge in [-0.2, -0.15) is 0 Å². The van der Waals surface area contributed by atoms with Gasteiger partial charge in [-0.3, -0.25) is 9.59 Å². The highest BCUT2D eigenvalue weighted by atomic mass is 16.2. The first-order valence-electron chi connectivity index (χ1n) is 7.26. The monoisotopic (exact) mass is 286 g/mol. The Bertz CT molecular complexity index is 586. The van der Waals surface area contributed by atoms with Crippen LogP contribution >= 0.6 is 0 Å². The standard InChI is InChI=1S/C17H22N2O2/c1-11-5-6-12-10-13(15(20)19-14(12)9-11)7-8-18-16(21)17(2,3)4/h5-6,9-10,12H,7-8H2,1-4H3,(H,18,21). The number of carbonyl (C=O) groups is 2. The molecular weight excluding hydrogens is 264 g/mol. The van der Waals surface area contributed by atoms with Gasteiger partial charge in [0, 0.05) is 23.5 Å². The molecule has 0 radical (unpaired) electrons. The molecule has 2 amide bonds. The van der Waals surface area contributed by atoms with Crippen molar-refractivity contribution in [1.29, 1.82) is 0 Å². The summed E-state index contributed by atoms with van der Waals surface area (Å²) in [4.78, 5) is 27.9. The second-order valence-corrected chi connectivity index (χ2v) is 6.56. The maximum absolute atomic E-state index is 12.0. The van der Waals surface area contributed by atoms with Crippen molar-refractivity contribution >= 4 is 17.5 Å². The molecule has 0 bridgehead atoms. The molecule has 1 heterocycles. The summed E-state index contributed by atoms with van der Waals surface area (Å²) < 4.78 is 0. The second kappa shape index (κ2) is 5.80. The summed E-state index contributed by atoms with van der Waals surface area (Å²) in [5.41, 5.74) is 2.18. The molecule has 4 heteroatoms. The maximum atomic E-state index is 12.0. The molecular formula is C17H22N2O2. The number of dihydropyridines is 1. The molecule has 0 saturated heterocycles. The molecule has 0 aromatic carbocycles. The van der Waals surface area contributed by atoms with Gasteiger partial charge < -0.3 is 5.32 Å². The summed E-state index contributed by atoms with van der Waals surface area (Å²) in [6.07, 6.45) is 8.50. The van der Waals surface area contributed by atoms with Gasteiger partial charge in [0.25, 0.3) is 5.91 Å². The van der Waals surface area contributed by atoms with Crippen LogP contribution in [0.3, 0.4) is 0 Å². The minimum Gasteiger partial charge on any atom is -0.355 e. The van der Waals surface area contributed by atoms with Crippen molar-refractivity contribution in [3.8, 4) is 0 Å². The molecule has 0 spiro atoms. The van der Waals surface area contributed by atoms with E-state index in [1.807, 2.05) is 52.0 Å². The Morgan fingerprint density at radius 2 is 2.10 bits per heavy atom. The fourth-order valence-electron chi connectivity index (χ4n) is 2.22. The first-order chi connectivity index (χ1) is 9.77. The molecule has 4 nitrogen and oxygen atoms in total. The lowest BCUT2D eigenvalue weighted by Gasteiger charge is -2.21. The van der Waals surface area contributed by atoms with Gasteiger partial charge >= 0.3 is 0 Å². The third-order valence-corrected chi connectivity index (χ3v) is 3.53. The average Bonchev–Trinajstić information content (AvgIpc) is 2.38. The third-order valence-electron chi connectivity index (χ3n) is 3.53. The highest BCUT2D eigenvalue weighted by molar-refractivity contribution is 6.13. The number of carbonyl (C=O) groups excluding carboxylic acids is 2. The summed E-state index contributed by atoms with van der Waals surface area (Å²) in [5, 5.41) is 2.86.